The SMILES string of the molecule is COc1cc2nc(NC3CCCCCC3)nc(N)c2cc1OC. The zero-order valence-corrected chi connectivity index (χ0v) is 13.8. The number of anilines is 2. The van der Waals surface area contributed by atoms with Crippen LogP contribution in [0.2, 0.25) is 0 Å². The zero-order chi connectivity index (χ0) is 16.2. The highest BCUT2D eigenvalue weighted by molar-refractivity contribution is 5.91. The summed E-state index contributed by atoms with van der Waals surface area (Å²) in [6.07, 6.45) is 7.46. The van der Waals surface area contributed by atoms with E-state index in [0.717, 1.165) is 23.7 Å². The summed E-state index contributed by atoms with van der Waals surface area (Å²) in [6.45, 7) is 0. The topological polar surface area (TPSA) is 82.3 Å². The minimum Gasteiger partial charge on any atom is -0.493 e. The van der Waals surface area contributed by atoms with Crippen molar-refractivity contribution < 1.29 is 9.47 Å². The summed E-state index contributed by atoms with van der Waals surface area (Å²) in [4.78, 5) is 9.02. The second-order valence-electron chi connectivity index (χ2n) is 5.99. The van der Waals surface area contributed by atoms with E-state index in [1.165, 1.54) is 25.7 Å². The summed E-state index contributed by atoms with van der Waals surface area (Å²) in [6, 6.07) is 4.08. The Balaban J connectivity index is 1.92. The Hall–Kier alpha value is -2.24. The summed E-state index contributed by atoms with van der Waals surface area (Å²) in [7, 11) is 3.21. The fraction of sp³-hybridized carbons (Fsp3) is 0.529. The largest absolute Gasteiger partial charge is 0.493 e. The van der Waals surface area contributed by atoms with E-state index in [2.05, 4.69) is 15.3 Å². The first-order valence-electron chi connectivity index (χ1n) is 8.17. The molecule has 124 valence electrons. The van der Waals surface area contributed by atoms with Crippen LogP contribution in [0.3, 0.4) is 0 Å². The standard InChI is InChI=1S/C17H24N4O2/c1-22-14-9-12-13(10-15(14)23-2)20-17(21-16(12)18)19-11-7-5-3-4-6-8-11/h9-11H,3-8H2,1-2H3,(H3,18,19,20,21). The van der Waals surface area contributed by atoms with Gasteiger partial charge in [-0.05, 0) is 18.9 Å². The summed E-state index contributed by atoms with van der Waals surface area (Å²) < 4.78 is 10.7. The van der Waals surface area contributed by atoms with Gasteiger partial charge in [0.2, 0.25) is 5.95 Å². The normalized spacial score (nSPS) is 16.1. The Morgan fingerprint density at radius 1 is 1.00 bits per heavy atom. The summed E-state index contributed by atoms with van der Waals surface area (Å²) in [5.41, 5.74) is 6.88. The first kappa shape index (κ1) is 15.6. The van der Waals surface area contributed by atoms with Gasteiger partial charge in [-0.25, -0.2) is 4.98 Å². The van der Waals surface area contributed by atoms with E-state index in [1.54, 1.807) is 14.2 Å². The molecule has 1 heterocycles. The van der Waals surface area contributed by atoms with E-state index >= 15 is 0 Å². The number of hydrogen-bond donors (Lipinski definition) is 2. The van der Waals surface area contributed by atoms with Crippen molar-refractivity contribution in [3.8, 4) is 11.5 Å². The van der Waals surface area contributed by atoms with Crippen LogP contribution < -0.4 is 20.5 Å². The molecule has 0 saturated heterocycles. The molecule has 0 spiro atoms. The number of nitrogens with zero attached hydrogens (tertiary/aromatic N) is 2. The van der Waals surface area contributed by atoms with Gasteiger partial charge in [-0.3, -0.25) is 0 Å². The third kappa shape index (κ3) is 3.41. The second-order valence-corrected chi connectivity index (χ2v) is 5.99. The van der Waals surface area contributed by atoms with Gasteiger partial charge < -0.3 is 20.5 Å². The Bertz CT molecular complexity index is 682. The minimum atomic E-state index is 0.425. The molecule has 1 fully saturated rings. The number of benzene rings is 1. The van der Waals surface area contributed by atoms with Crippen molar-refractivity contribution in [2.45, 2.75) is 44.6 Å². The van der Waals surface area contributed by atoms with Gasteiger partial charge in [0.15, 0.2) is 11.5 Å². The van der Waals surface area contributed by atoms with Gasteiger partial charge in [-0.15, -0.1) is 0 Å². The Labute approximate surface area is 136 Å². The monoisotopic (exact) mass is 316 g/mol. The highest BCUT2D eigenvalue weighted by Crippen LogP contribution is 2.33. The van der Waals surface area contributed by atoms with Gasteiger partial charge in [-0.1, -0.05) is 25.7 Å². The number of nitrogen functional groups attached to an aromatic ring is 1. The molecule has 0 unspecified atom stereocenters. The van der Waals surface area contributed by atoms with E-state index < -0.39 is 0 Å². The molecule has 0 radical (unpaired) electrons. The molecule has 2 aromatic rings. The molecule has 6 nitrogen and oxygen atoms in total. The number of methoxy groups -OCH3 is 2. The van der Waals surface area contributed by atoms with Crippen molar-refractivity contribution in [2.24, 2.45) is 0 Å². The van der Waals surface area contributed by atoms with Crippen molar-refractivity contribution in [1.82, 2.24) is 9.97 Å². The van der Waals surface area contributed by atoms with E-state index in [9.17, 15) is 0 Å². The second kappa shape index (κ2) is 6.89. The van der Waals surface area contributed by atoms with Gasteiger partial charge in [-0.2, -0.15) is 4.98 Å². The van der Waals surface area contributed by atoms with Gasteiger partial charge >= 0.3 is 0 Å². The van der Waals surface area contributed by atoms with Crippen LogP contribution in [0.25, 0.3) is 10.9 Å². The molecule has 23 heavy (non-hydrogen) atoms. The van der Waals surface area contributed by atoms with Crippen LogP contribution >= 0.6 is 0 Å². The zero-order valence-electron chi connectivity index (χ0n) is 13.8. The summed E-state index contributed by atoms with van der Waals surface area (Å²) >= 11 is 0. The van der Waals surface area contributed by atoms with Crippen LogP contribution in [0, 0.1) is 0 Å². The van der Waals surface area contributed by atoms with Gasteiger partial charge in [0, 0.05) is 17.5 Å². The summed E-state index contributed by atoms with van der Waals surface area (Å²) in [5.74, 6) is 2.31. The van der Waals surface area contributed by atoms with Crippen molar-refractivity contribution in [2.75, 3.05) is 25.3 Å². The molecule has 1 aliphatic carbocycles. The fourth-order valence-electron chi connectivity index (χ4n) is 3.15. The van der Waals surface area contributed by atoms with Gasteiger partial charge in [0.1, 0.15) is 5.82 Å². The molecule has 0 aliphatic heterocycles. The van der Waals surface area contributed by atoms with Crippen molar-refractivity contribution in [1.29, 1.82) is 0 Å². The van der Waals surface area contributed by atoms with E-state index in [1.807, 2.05) is 12.1 Å². The molecule has 1 saturated carbocycles. The number of hydrogen-bond acceptors (Lipinski definition) is 6. The smallest absolute Gasteiger partial charge is 0.225 e. The van der Waals surface area contributed by atoms with Gasteiger partial charge in [0.25, 0.3) is 0 Å². The number of aromatic nitrogens is 2. The van der Waals surface area contributed by atoms with Crippen LogP contribution in [0.15, 0.2) is 12.1 Å². The first-order valence-corrected chi connectivity index (χ1v) is 8.17. The number of ether oxygens (including phenoxy) is 2. The van der Waals surface area contributed by atoms with Crippen LogP contribution in [-0.4, -0.2) is 30.2 Å². The maximum atomic E-state index is 6.12. The predicted octanol–water partition coefficient (Wildman–Crippen LogP) is 3.36. The number of fused-ring (bicyclic) bond motifs is 1. The predicted molar refractivity (Wildman–Crippen MR) is 92.2 cm³/mol. The molecule has 6 heteroatoms. The lowest BCUT2D eigenvalue weighted by atomic mass is 10.1. The molecule has 1 aromatic heterocycles. The maximum Gasteiger partial charge on any atom is 0.225 e. The van der Waals surface area contributed by atoms with Crippen molar-refractivity contribution in [3.05, 3.63) is 12.1 Å². The third-order valence-corrected chi connectivity index (χ3v) is 4.42. The minimum absolute atomic E-state index is 0.425. The summed E-state index contributed by atoms with van der Waals surface area (Å²) in [5, 5.41) is 4.22. The van der Waals surface area contributed by atoms with Crippen LogP contribution in [0.1, 0.15) is 38.5 Å². The van der Waals surface area contributed by atoms with Crippen molar-refractivity contribution in [3.63, 3.8) is 0 Å². The lowest BCUT2D eigenvalue weighted by Gasteiger charge is -2.17. The molecule has 0 bridgehead atoms. The van der Waals surface area contributed by atoms with Crippen LogP contribution in [-0.2, 0) is 0 Å². The number of rotatable bonds is 4. The lowest BCUT2D eigenvalue weighted by Crippen LogP contribution is -2.20. The first-order chi connectivity index (χ1) is 11.2. The Morgan fingerprint density at radius 2 is 1.65 bits per heavy atom. The Kier molecular flexibility index (Phi) is 4.69. The molecular formula is C17H24N4O2. The molecule has 3 rings (SSSR count). The maximum absolute atomic E-state index is 6.12. The highest BCUT2D eigenvalue weighted by atomic mass is 16.5. The average Bonchev–Trinajstić information content (AvgIpc) is 2.82. The number of nitrogens with one attached hydrogen (secondary N) is 1. The van der Waals surface area contributed by atoms with Crippen LogP contribution in [0.4, 0.5) is 11.8 Å². The fourth-order valence-corrected chi connectivity index (χ4v) is 3.15. The van der Waals surface area contributed by atoms with Crippen LogP contribution in [0.5, 0.6) is 11.5 Å². The molecular weight excluding hydrogens is 292 g/mol. The van der Waals surface area contributed by atoms with Gasteiger partial charge in [0.05, 0.1) is 19.7 Å². The van der Waals surface area contributed by atoms with E-state index in [4.69, 9.17) is 15.2 Å². The highest BCUT2D eigenvalue weighted by Gasteiger charge is 2.15. The number of nitrogens with two attached hydrogens (primary N) is 1. The van der Waals surface area contributed by atoms with Crippen molar-refractivity contribution >= 4 is 22.7 Å². The van der Waals surface area contributed by atoms with E-state index in [-0.39, 0.29) is 0 Å². The molecule has 1 aromatic carbocycles. The van der Waals surface area contributed by atoms with E-state index in [0.29, 0.717) is 29.3 Å². The molecule has 3 N–H and O–H groups in total. The molecule has 0 atom stereocenters. The molecule has 1 aliphatic rings. The quantitative estimate of drug-likeness (QED) is 0.842. The Morgan fingerprint density at radius 3 is 2.30 bits per heavy atom. The lowest BCUT2D eigenvalue weighted by molar-refractivity contribution is 0.356. The molecule has 0 amide bonds. The average molecular weight is 316 g/mol. The third-order valence-electron chi connectivity index (χ3n) is 4.42.